The molecule has 26 heavy (non-hydrogen) atoms. The first-order valence-electron chi connectivity index (χ1n) is 7.65. The number of nitrogens with one attached hydrogen (secondary N) is 1. The van der Waals surface area contributed by atoms with Gasteiger partial charge >= 0.3 is 5.69 Å². The van der Waals surface area contributed by atoms with Gasteiger partial charge in [-0.25, -0.2) is 4.79 Å². The van der Waals surface area contributed by atoms with Crippen molar-refractivity contribution in [1.29, 1.82) is 0 Å². The molecule has 8 heteroatoms. The molecule has 1 aromatic heterocycles. The quantitative estimate of drug-likeness (QED) is 0.663. The average Bonchev–Trinajstić information content (AvgIpc) is 2.54. The van der Waals surface area contributed by atoms with Gasteiger partial charge in [-0.3, -0.25) is 9.78 Å². The fraction of sp³-hybridized carbons (Fsp3) is 0.167. The zero-order valence-corrected chi connectivity index (χ0v) is 16.2. The number of nitrogens with zero attached hydrogens (tertiary/aromatic N) is 2. The lowest BCUT2D eigenvalue weighted by Gasteiger charge is -2.27. The highest BCUT2D eigenvalue weighted by Crippen LogP contribution is 2.42. The number of alkyl halides is 1. The Hall–Kier alpha value is -2.08. The van der Waals surface area contributed by atoms with Gasteiger partial charge in [-0.15, -0.1) is 11.6 Å². The van der Waals surface area contributed by atoms with Crippen LogP contribution in [0.2, 0.25) is 10.0 Å². The first-order chi connectivity index (χ1) is 12.2. The number of halogens is 3. The molecule has 0 spiro atoms. The second-order valence-electron chi connectivity index (χ2n) is 5.98. The molecular formula is C18H14Cl3N3O2. The van der Waals surface area contributed by atoms with Crippen LogP contribution in [0.5, 0.6) is 0 Å². The highest BCUT2D eigenvalue weighted by Gasteiger charge is 2.30. The third kappa shape index (κ3) is 3.43. The van der Waals surface area contributed by atoms with Crippen molar-refractivity contribution >= 4 is 34.8 Å². The van der Waals surface area contributed by atoms with Gasteiger partial charge in [0.1, 0.15) is 6.20 Å². The SMILES string of the molecule is Cc1cc(-n2ncc(=O)[nH]c2=O)cc(Cl)c1C(C)(Cl)c1ccc(Cl)cc1. The summed E-state index contributed by atoms with van der Waals surface area (Å²) < 4.78 is 1.07. The molecule has 0 aliphatic carbocycles. The van der Waals surface area contributed by atoms with E-state index >= 15 is 0 Å². The van der Waals surface area contributed by atoms with Gasteiger partial charge in [0.25, 0.3) is 5.56 Å². The third-order valence-electron chi connectivity index (χ3n) is 4.09. The van der Waals surface area contributed by atoms with E-state index in [-0.39, 0.29) is 0 Å². The number of aromatic nitrogens is 3. The Bertz CT molecular complexity index is 1060. The molecule has 0 saturated heterocycles. The van der Waals surface area contributed by atoms with Crippen LogP contribution in [0.1, 0.15) is 23.6 Å². The van der Waals surface area contributed by atoms with Crippen molar-refractivity contribution in [2.24, 2.45) is 0 Å². The van der Waals surface area contributed by atoms with E-state index in [0.717, 1.165) is 22.0 Å². The molecule has 1 N–H and O–H groups in total. The zero-order chi connectivity index (χ0) is 19.1. The van der Waals surface area contributed by atoms with Gasteiger partial charge in [-0.05, 0) is 54.8 Å². The van der Waals surface area contributed by atoms with Crippen LogP contribution in [-0.2, 0) is 4.87 Å². The van der Waals surface area contributed by atoms with Crippen LogP contribution in [0.25, 0.3) is 5.69 Å². The number of aryl methyl sites for hydroxylation is 1. The van der Waals surface area contributed by atoms with Crippen molar-refractivity contribution in [1.82, 2.24) is 14.8 Å². The number of H-pyrrole nitrogens is 1. The maximum atomic E-state index is 12.0. The lowest BCUT2D eigenvalue weighted by molar-refractivity contribution is 0.745. The molecule has 2 aromatic carbocycles. The van der Waals surface area contributed by atoms with Gasteiger partial charge < -0.3 is 0 Å². The Morgan fingerprint density at radius 1 is 1.12 bits per heavy atom. The molecule has 1 heterocycles. The summed E-state index contributed by atoms with van der Waals surface area (Å²) in [6.45, 7) is 3.69. The molecule has 0 bridgehead atoms. The number of aromatic amines is 1. The number of rotatable bonds is 3. The molecule has 1 atom stereocenters. The summed E-state index contributed by atoms with van der Waals surface area (Å²) in [6.07, 6.45) is 1.03. The van der Waals surface area contributed by atoms with E-state index in [9.17, 15) is 9.59 Å². The zero-order valence-electron chi connectivity index (χ0n) is 13.9. The van der Waals surface area contributed by atoms with E-state index in [1.54, 1.807) is 24.3 Å². The van der Waals surface area contributed by atoms with Crippen LogP contribution in [-0.4, -0.2) is 14.8 Å². The molecule has 0 aliphatic rings. The Morgan fingerprint density at radius 3 is 2.35 bits per heavy atom. The molecule has 1 unspecified atom stereocenters. The van der Waals surface area contributed by atoms with Crippen molar-refractivity contribution in [2.75, 3.05) is 0 Å². The number of benzene rings is 2. The van der Waals surface area contributed by atoms with Gasteiger partial charge in [0, 0.05) is 10.0 Å². The second kappa shape index (κ2) is 6.91. The maximum absolute atomic E-state index is 12.0. The lowest BCUT2D eigenvalue weighted by Crippen LogP contribution is -2.30. The van der Waals surface area contributed by atoms with Crippen molar-refractivity contribution in [3.05, 3.63) is 90.2 Å². The van der Waals surface area contributed by atoms with Crippen LogP contribution in [0.4, 0.5) is 0 Å². The van der Waals surface area contributed by atoms with Crippen molar-refractivity contribution in [3.63, 3.8) is 0 Å². The van der Waals surface area contributed by atoms with E-state index < -0.39 is 16.1 Å². The fourth-order valence-electron chi connectivity index (χ4n) is 2.89. The second-order valence-corrected chi connectivity index (χ2v) is 7.58. The van der Waals surface area contributed by atoms with Gasteiger partial charge in [0.15, 0.2) is 0 Å². The van der Waals surface area contributed by atoms with Crippen LogP contribution >= 0.6 is 34.8 Å². The normalized spacial score (nSPS) is 13.4. The summed E-state index contributed by atoms with van der Waals surface area (Å²) in [5.41, 5.74) is 1.54. The molecule has 0 radical (unpaired) electrons. The summed E-state index contributed by atoms with van der Waals surface area (Å²) in [6, 6.07) is 10.5. The first kappa shape index (κ1) is 18.7. The Balaban J connectivity index is 2.14. The van der Waals surface area contributed by atoms with Crippen molar-refractivity contribution in [3.8, 4) is 5.69 Å². The monoisotopic (exact) mass is 409 g/mol. The summed E-state index contributed by atoms with van der Waals surface area (Å²) in [4.78, 5) is 24.4. The van der Waals surface area contributed by atoms with Gasteiger partial charge in [-0.2, -0.15) is 9.78 Å². The Morgan fingerprint density at radius 2 is 1.77 bits per heavy atom. The molecular weight excluding hydrogens is 397 g/mol. The van der Waals surface area contributed by atoms with E-state index in [4.69, 9.17) is 34.8 Å². The van der Waals surface area contributed by atoms with Crippen LogP contribution in [0, 0.1) is 6.92 Å². The van der Waals surface area contributed by atoms with Crippen LogP contribution < -0.4 is 11.2 Å². The molecule has 0 amide bonds. The van der Waals surface area contributed by atoms with Crippen molar-refractivity contribution < 1.29 is 0 Å². The average molecular weight is 411 g/mol. The van der Waals surface area contributed by atoms with Crippen molar-refractivity contribution in [2.45, 2.75) is 18.7 Å². The number of hydrogen-bond donors (Lipinski definition) is 1. The highest BCUT2D eigenvalue weighted by molar-refractivity contribution is 6.34. The van der Waals surface area contributed by atoms with Gasteiger partial charge in [-0.1, -0.05) is 35.3 Å². The molecule has 5 nitrogen and oxygen atoms in total. The molecule has 0 fully saturated rings. The van der Waals surface area contributed by atoms with E-state index in [0.29, 0.717) is 21.3 Å². The van der Waals surface area contributed by atoms with E-state index in [2.05, 4.69) is 10.1 Å². The summed E-state index contributed by atoms with van der Waals surface area (Å²) >= 11 is 19.3. The minimum Gasteiger partial charge on any atom is -0.271 e. The molecule has 134 valence electrons. The fourth-order valence-corrected chi connectivity index (χ4v) is 3.89. The minimum absolute atomic E-state index is 0.382. The highest BCUT2D eigenvalue weighted by atomic mass is 35.5. The van der Waals surface area contributed by atoms with Gasteiger partial charge in [0.2, 0.25) is 0 Å². The lowest BCUT2D eigenvalue weighted by atomic mass is 9.89. The summed E-state index contributed by atoms with van der Waals surface area (Å²) in [5, 5.41) is 4.84. The standard InChI is InChI=1S/C18H14Cl3N3O2/c1-10-7-13(24-17(26)23-15(25)9-22-24)8-14(20)16(10)18(2,21)11-3-5-12(19)6-4-11/h3-9H,1-2H3,(H,23,25,26). The topological polar surface area (TPSA) is 67.8 Å². The Kier molecular flexibility index (Phi) is 4.97. The smallest absolute Gasteiger partial charge is 0.271 e. The molecule has 0 aliphatic heterocycles. The number of hydrogen-bond acceptors (Lipinski definition) is 3. The Labute approximate surface area is 164 Å². The minimum atomic E-state index is -0.895. The predicted octanol–water partition coefficient (Wildman–Crippen LogP) is 4.04. The van der Waals surface area contributed by atoms with Crippen LogP contribution in [0.15, 0.2) is 52.2 Å². The summed E-state index contributed by atoms with van der Waals surface area (Å²) in [7, 11) is 0. The molecule has 3 aromatic rings. The van der Waals surface area contributed by atoms with Gasteiger partial charge in [0.05, 0.1) is 10.6 Å². The summed E-state index contributed by atoms with van der Waals surface area (Å²) in [5.74, 6) is 0. The molecule has 0 saturated carbocycles. The van der Waals surface area contributed by atoms with E-state index in [1.807, 2.05) is 26.0 Å². The molecule has 3 rings (SSSR count). The third-order valence-corrected chi connectivity index (χ3v) is 5.04. The van der Waals surface area contributed by atoms with E-state index in [1.165, 1.54) is 0 Å². The maximum Gasteiger partial charge on any atom is 0.349 e. The largest absolute Gasteiger partial charge is 0.349 e. The van der Waals surface area contributed by atoms with Crippen LogP contribution in [0.3, 0.4) is 0 Å². The first-order valence-corrected chi connectivity index (χ1v) is 8.78. The predicted molar refractivity (Wildman–Crippen MR) is 104 cm³/mol.